The minimum Gasteiger partial charge on any atom is -0.368 e. The summed E-state index contributed by atoms with van der Waals surface area (Å²) in [6.45, 7) is 140. The lowest BCUT2D eigenvalue weighted by atomic mass is 9.79. The molecule has 2 unspecified atom stereocenters. The lowest BCUT2D eigenvalue weighted by molar-refractivity contribution is -0.0340. The number of piperidine rings is 2. The third-order valence-electron chi connectivity index (χ3n) is 27.1. The minimum absolute atomic E-state index is 0.0362. The summed E-state index contributed by atoms with van der Waals surface area (Å²) in [5.41, 5.74) is 14.7. The average Bonchev–Trinajstić information content (AvgIpc) is 0.790. The molecule has 2 aliphatic heterocycles. The molecule has 0 amide bonds. The number of hydrogen-bond acceptors (Lipinski definition) is 9. The molecule has 5 aromatic rings. The number of unbranched alkanes of at least 4 members (excludes halogenated alkanes) is 1. The zero-order valence-electron chi connectivity index (χ0n) is 99.1. The van der Waals surface area contributed by atoms with Crippen molar-refractivity contribution < 1.29 is 0 Å². The first kappa shape index (κ1) is 128. The van der Waals surface area contributed by atoms with Crippen molar-refractivity contribution in [3.8, 4) is 0 Å². The largest absolute Gasteiger partial charge is 0.368 e. The van der Waals surface area contributed by atoms with Crippen molar-refractivity contribution in [3.63, 3.8) is 0 Å². The van der Waals surface area contributed by atoms with Crippen molar-refractivity contribution in [2.45, 2.75) is 510 Å². The summed E-state index contributed by atoms with van der Waals surface area (Å²) in [6.07, 6.45) is 28.9. The first-order valence-electron chi connectivity index (χ1n) is 52.8. The van der Waals surface area contributed by atoms with Crippen LogP contribution in [0.2, 0.25) is 0 Å². The van der Waals surface area contributed by atoms with Gasteiger partial charge in [0.05, 0.1) is 0 Å². The summed E-state index contributed by atoms with van der Waals surface area (Å²) in [5.74, 6) is 0.989. The summed E-state index contributed by atoms with van der Waals surface area (Å²) >= 11 is 0. The van der Waals surface area contributed by atoms with E-state index in [1.807, 2.05) is 36.6 Å². The highest BCUT2D eigenvalue weighted by Crippen LogP contribution is 2.43. The third-order valence-corrected chi connectivity index (χ3v) is 27.1. The first-order chi connectivity index (χ1) is 62.0. The Hall–Kier alpha value is -6.56. The van der Waals surface area contributed by atoms with E-state index in [0.717, 1.165) is 39.1 Å². The molecule has 0 N–H and O–H groups in total. The Morgan fingerprint density at radius 2 is 0.591 bits per heavy atom. The van der Waals surface area contributed by atoms with Crippen LogP contribution in [0, 0.1) is 11.8 Å². The number of aryl methyl sites for hydroxylation is 1. The van der Waals surface area contributed by atoms with Crippen molar-refractivity contribution in [1.29, 1.82) is 0 Å². The van der Waals surface area contributed by atoms with Gasteiger partial charge < -0.3 is 14.7 Å². The van der Waals surface area contributed by atoms with Gasteiger partial charge in [0.2, 0.25) is 0 Å². The Morgan fingerprint density at radius 1 is 0.307 bits per heavy atom. The van der Waals surface area contributed by atoms with Gasteiger partial charge in [0.25, 0.3) is 0 Å². The standard InChI is InChI=1S/C34H52N2.C19H31N.C18H38N2.C18H27N.C17H27N.C12H25N.C10H21N/c1-13-27-15-19-29(20-16-27)31(25(3)4)35(33(7,8)9)23-24-36(34(10,11)12)32(26(5)6)30-21-17-28(14-2)18-22-30;1-18(2)14-10-15-19(3,4)20(18)16-9-8-13-17-11-6-5-7-12-17;1-15(2,3)19(16(4,5)6)13-14-20(17(7,8)9)18(10,11)12;1-6-15-8-10-16(11-9-15)14-19-17(2,3)12-7-13-18(19,4)5;1-8-14-9-11-15(12-10-14)13-18(16(2,3)4)17(5,6)7;1-8-9-10-13(11(2,3)4)12(5,6)7;1-8-11(9(2,3)4)10(5,6)7/h13-22,25-26,31-32H,1-2,23-24H2,3-12H3;5-7,11-12H,8-10,13-16H2,1-4H3;13-14H,1-12H3;6,8-11H,1,7,12-14H2,2-5H3;8-12H,1,13H2,2-7H3;8H,1,9-10H2,2-7H3;8H,1H2,2-7H3/b;;14-13+;;;;. The molecule has 2 atom stereocenters. The van der Waals surface area contributed by atoms with E-state index in [2.05, 4.69) is 556 Å². The summed E-state index contributed by atoms with van der Waals surface area (Å²) in [4.78, 5) is 23.1. The predicted octanol–water partition coefficient (Wildman–Crippen LogP) is 35.7. The second-order valence-corrected chi connectivity index (χ2v) is 54.5. The van der Waals surface area contributed by atoms with Crippen LogP contribution in [0.3, 0.4) is 0 Å². The molecule has 2 fully saturated rings. The fourth-order valence-electron chi connectivity index (χ4n) is 21.7. The van der Waals surface area contributed by atoms with Crippen LogP contribution in [0.5, 0.6) is 0 Å². The average molecular weight is 1890 g/mol. The van der Waals surface area contributed by atoms with Gasteiger partial charge >= 0.3 is 0 Å². The molecule has 0 radical (unpaired) electrons. The summed E-state index contributed by atoms with van der Waals surface area (Å²) in [7, 11) is 0. The molecule has 9 nitrogen and oxygen atoms in total. The van der Waals surface area contributed by atoms with E-state index in [9.17, 15) is 0 Å². The highest BCUT2D eigenvalue weighted by Gasteiger charge is 2.44. The van der Waals surface area contributed by atoms with Gasteiger partial charge in [-0.3, -0.25) is 29.4 Å². The number of benzene rings is 5. The zero-order chi connectivity index (χ0) is 107. The SMILES string of the molecule is C=CCCN(C(C)(C)C)C(C)(C)C.C=CN(C(C)(C)C)C(C)(C)C.C=Cc1ccc(C(C(C)C)N(CCN(C(c2ccc(C=C)cc2)C(C)C)C(C)(C)C)C(C)(C)C)cc1.C=Cc1ccc(CN(C(C)(C)C)C(C)(C)C)cc1.C=Cc1ccc(CN2C(C)(C)CCCC2(C)C)cc1.CC(C)(C)N(/C=C/N(C(C)(C)C)C(C)(C)C)C(C)(C)C.CC1(C)CCCC(C)(C)N1CCCCc1ccccc1. The monoisotopic (exact) mass is 1880 g/mol. The Balaban J connectivity index is 0.000000825. The van der Waals surface area contributed by atoms with E-state index in [4.69, 9.17) is 0 Å². The predicted molar refractivity (Wildman–Crippen MR) is 619 cm³/mol. The topological polar surface area (TPSA) is 29.2 Å². The van der Waals surface area contributed by atoms with Gasteiger partial charge in [-0.2, -0.15) is 0 Å². The van der Waals surface area contributed by atoms with Crippen LogP contribution in [-0.2, 0) is 19.5 Å². The summed E-state index contributed by atoms with van der Waals surface area (Å²) in [6, 6.07) is 47.0. The van der Waals surface area contributed by atoms with Gasteiger partial charge in [-0.25, -0.2) is 0 Å². The minimum atomic E-state index is 0.0362. The van der Waals surface area contributed by atoms with E-state index >= 15 is 0 Å². The highest BCUT2D eigenvalue weighted by atomic mass is 15.3. The molecule has 778 valence electrons. The molecule has 0 aliphatic carbocycles. The molecule has 9 heteroatoms. The number of hydrogen-bond donors (Lipinski definition) is 0. The Kier molecular flexibility index (Phi) is 49.8. The number of rotatable bonds is 28. The van der Waals surface area contributed by atoms with Crippen molar-refractivity contribution in [2.24, 2.45) is 11.8 Å². The zero-order valence-corrected chi connectivity index (χ0v) is 99.1. The van der Waals surface area contributed by atoms with E-state index in [1.165, 1.54) is 114 Å². The lowest BCUT2D eigenvalue weighted by Crippen LogP contribution is -2.58. The number of likely N-dealkylation sites (tertiary alicyclic amines) is 2. The molecule has 0 aromatic heterocycles. The van der Waals surface area contributed by atoms with Crippen molar-refractivity contribution >= 4 is 24.3 Å². The molecule has 7 rings (SSSR count). The molecule has 2 aliphatic rings. The highest BCUT2D eigenvalue weighted by molar-refractivity contribution is 5.50. The lowest BCUT2D eigenvalue weighted by Gasteiger charge is -2.53. The molecular formula is C128H221N9. The fourth-order valence-corrected chi connectivity index (χ4v) is 21.7. The van der Waals surface area contributed by atoms with Crippen LogP contribution in [0.4, 0.5) is 0 Å². The molecule has 2 heterocycles. The number of nitrogens with zero attached hydrogens (tertiary/aromatic N) is 9. The first-order valence-corrected chi connectivity index (χ1v) is 52.8. The fraction of sp³-hybridized carbons (Fsp3) is 0.656. The second kappa shape index (κ2) is 53.1. The Morgan fingerprint density at radius 3 is 0.839 bits per heavy atom. The van der Waals surface area contributed by atoms with Crippen molar-refractivity contribution in [1.82, 2.24) is 44.1 Å². The van der Waals surface area contributed by atoms with Crippen LogP contribution in [-0.4, -0.2) is 159 Å². The van der Waals surface area contributed by atoms with Gasteiger partial charge in [-0.15, -0.1) is 6.58 Å². The smallest absolute Gasteiger partial charge is 0.0376 e. The Labute approximate surface area is 852 Å². The molecule has 137 heavy (non-hydrogen) atoms. The van der Waals surface area contributed by atoms with E-state index in [0.29, 0.717) is 46.1 Å². The maximum absolute atomic E-state index is 3.93. The molecular weight excluding hydrogens is 1660 g/mol. The van der Waals surface area contributed by atoms with Gasteiger partial charge in [-0.1, -0.05) is 218 Å². The summed E-state index contributed by atoms with van der Waals surface area (Å²) in [5, 5.41) is 0. The van der Waals surface area contributed by atoms with Crippen LogP contribution >= 0.6 is 0 Å². The normalized spacial score (nSPS) is 16.2. The maximum atomic E-state index is 3.93. The Bertz CT molecular complexity index is 4070. The van der Waals surface area contributed by atoms with Crippen LogP contribution in [0.25, 0.3) is 24.3 Å². The van der Waals surface area contributed by atoms with Crippen molar-refractivity contribution in [3.05, 3.63) is 242 Å². The van der Waals surface area contributed by atoms with E-state index in [-0.39, 0.29) is 66.5 Å². The molecule has 2 saturated heterocycles. The maximum Gasteiger partial charge on any atom is 0.0376 e. The molecule has 0 saturated carbocycles. The van der Waals surface area contributed by atoms with Crippen LogP contribution in [0.1, 0.15) is 452 Å². The van der Waals surface area contributed by atoms with Crippen LogP contribution in [0.15, 0.2) is 192 Å². The van der Waals surface area contributed by atoms with Crippen LogP contribution < -0.4 is 0 Å². The van der Waals surface area contributed by atoms with Gasteiger partial charge in [-0.05, 0) is 444 Å². The van der Waals surface area contributed by atoms with Gasteiger partial charge in [0.15, 0.2) is 0 Å². The third kappa shape index (κ3) is 44.9. The summed E-state index contributed by atoms with van der Waals surface area (Å²) < 4.78 is 0. The van der Waals surface area contributed by atoms with Gasteiger partial charge in [0, 0.05) is 146 Å². The van der Waals surface area contributed by atoms with Crippen molar-refractivity contribution in [2.75, 3.05) is 26.2 Å². The second-order valence-electron chi connectivity index (χ2n) is 54.5. The molecule has 5 aromatic carbocycles. The quantitative estimate of drug-likeness (QED) is 0.0359. The molecule has 0 bridgehead atoms. The van der Waals surface area contributed by atoms with Gasteiger partial charge in [0.1, 0.15) is 0 Å². The molecule has 0 spiro atoms. The van der Waals surface area contributed by atoms with E-state index in [1.54, 1.807) is 0 Å². The van der Waals surface area contributed by atoms with E-state index < -0.39 is 0 Å².